The van der Waals surface area contributed by atoms with E-state index in [1.54, 1.807) is 0 Å². The van der Waals surface area contributed by atoms with Crippen LogP contribution in [0.1, 0.15) is 16.8 Å². The molecule has 2 nitrogen and oxygen atoms in total. The van der Waals surface area contributed by atoms with Gasteiger partial charge in [-0.2, -0.15) is 0 Å². The number of pyridine rings is 1. The molecule has 0 amide bonds. The van der Waals surface area contributed by atoms with Crippen LogP contribution >= 0.6 is 27.5 Å². The van der Waals surface area contributed by atoms with Crippen molar-refractivity contribution < 1.29 is 4.74 Å². The largest absolute Gasteiger partial charge is 0.376 e. The van der Waals surface area contributed by atoms with Crippen LogP contribution in [0.4, 0.5) is 0 Å². The Balaban J connectivity index is 2.44. The van der Waals surface area contributed by atoms with Gasteiger partial charge in [0.15, 0.2) is 0 Å². The van der Waals surface area contributed by atoms with Gasteiger partial charge in [0.25, 0.3) is 0 Å². The summed E-state index contributed by atoms with van der Waals surface area (Å²) in [5.41, 5.74) is 4.26. The number of benzene rings is 1. The summed E-state index contributed by atoms with van der Waals surface area (Å²) in [5, 5.41) is 1.77. The minimum atomic E-state index is 0.567. The molecule has 0 radical (unpaired) electrons. The van der Waals surface area contributed by atoms with E-state index in [-0.39, 0.29) is 0 Å². The van der Waals surface area contributed by atoms with Gasteiger partial charge in [0.05, 0.1) is 29.4 Å². The minimum absolute atomic E-state index is 0.567. The zero-order chi connectivity index (χ0) is 12.0. The second-order valence-electron chi connectivity index (χ2n) is 4.24. The molecule has 2 aromatic rings. The lowest BCUT2D eigenvalue weighted by atomic mass is 10.0. The molecule has 0 atom stereocenters. The van der Waals surface area contributed by atoms with Crippen LogP contribution in [0.3, 0.4) is 0 Å². The summed E-state index contributed by atoms with van der Waals surface area (Å²) in [6, 6.07) is 4.07. The first kappa shape index (κ1) is 11.5. The predicted octanol–water partition coefficient (Wildman–Crippen LogP) is 4.03. The molecule has 2 heterocycles. The number of rotatable bonds is 0. The summed E-state index contributed by atoms with van der Waals surface area (Å²) in [6.07, 6.45) is 0.844. The van der Waals surface area contributed by atoms with E-state index in [9.17, 15) is 0 Å². The quantitative estimate of drug-likeness (QED) is 0.732. The number of fused-ring (bicyclic) bond motifs is 2. The van der Waals surface area contributed by atoms with Crippen LogP contribution in [0.25, 0.3) is 10.9 Å². The van der Waals surface area contributed by atoms with E-state index in [2.05, 4.69) is 28.9 Å². The lowest BCUT2D eigenvalue weighted by Gasteiger charge is -2.19. The number of halogens is 2. The molecule has 1 aromatic heterocycles. The summed E-state index contributed by atoms with van der Waals surface area (Å²) < 4.78 is 6.45. The third-order valence-electron chi connectivity index (χ3n) is 3.14. The molecule has 0 saturated heterocycles. The van der Waals surface area contributed by atoms with Gasteiger partial charge < -0.3 is 4.74 Å². The maximum absolute atomic E-state index is 6.49. The van der Waals surface area contributed by atoms with Gasteiger partial charge >= 0.3 is 0 Å². The summed E-state index contributed by atoms with van der Waals surface area (Å²) >= 11 is 10.0. The van der Waals surface area contributed by atoms with Crippen molar-refractivity contribution in [3.05, 3.63) is 38.4 Å². The van der Waals surface area contributed by atoms with Crippen molar-refractivity contribution in [2.45, 2.75) is 20.0 Å². The Kier molecular flexibility index (Phi) is 2.85. The third-order valence-corrected chi connectivity index (χ3v) is 4.22. The van der Waals surface area contributed by atoms with Crippen molar-refractivity contribution >= 4 is 38.4 Å². The Bertz CT molecular complexity index is 612. The van der Waals surface area contributed by atoms with Crippen molar-refractivity contribution in [2.24, 2.45) is 0 Å². The number of aryl methyl sites for hydroxylation is 1. The maximum Gasteiger partial charge on any atom is 0.0761 e. The molecular weight excluding hydrogens is 302 g/mol. The SMILES string of the molecule is Cc1ccc(Br)c2c(Cl)c3c(nc12)CCOC3. The van der Waals surface area contributed by atoms with Crippen LogP contribution in [0, 0.1) is 6.92 Å². The zero-order valence-corrected chi connectivity index (χ0v) is 11.7. The molecule has 0 saturated carbocycles. The molecule has 0 bridgehead atoms. The number of nitrogens with zero attached hydrogens (tertiary/aromatic N) is 1. The van der Waals surface area contributed by atoms with E-state index in [1.165, 1.54) is 0 Å². The van der Waals surface area contributed by atoms with E-state index in [1.807, 2.05) is 6.07 Å². The second kappa shape index (κ2) is 4.23. The Morgan fingerprint density at radius 2 is 2.24 bits per heavy atom. The molecule has 1 aliphatic heterocycles. The normalized spacial score (nSPS) is 15.0. The Hall–Kier alpha value is -0.640. The zero-order valence-electron chi connectivity index (χ0n) is 9.39. The Morgan fingerprint density at radius 1 is 1.41 bits per heavy atom. The van der Waals surface area contributed by atoms with Gasteiger partial charge in [-0.1, -0.05) is 33.6 Å². The molecule has 0 fully saturated rings. The van der Waals surface area contributed by atoms with Crippen LogP contribution in [0.5, 0.6) is 0 Å². The van der Waals surface area contributed by atoms with E-state index < -0.39 is 0 Å². The smallest absolute Gasteiger partial charge is 0.0761 e. The number of hydrogen-bond donors (Lipinski definition) is 0. The van der Waals surface area contributed by atoms with Crippen LogP contribution in [0.2, 0.25) is 5.02 Å². The Labute approximate surface area is 113 Å². The van der Waals surface area contributed by atoms with Crippen LogP contribution in [0.15, 0.2) is 16.6 Å². The summed E-state index contributed by atoms with van der Waals surface area (Å²) in [5.74, 6) is 0. The molecule has 0 spiro atoms. The van der Waals surface area contributed by atoms with Crippen LogP contribution in [-0.4, -0.2) is 11.6 Å². The average Bonchev–Trinajstić information content (AvgIpc) is 2.34. The van der Waals surface area contributed by atoms with Crippen LogP contribution < -0.4 is 0 Å². The summed E-state index contributed by atoms with van der Waals surface area (Å²) in [7, 11) is 0. The van der Waals surface area contributed by atoms with Crippen molar-refractivity contribution in [3.8, 4) is 0 Å². The Morgan fingerprint density at radius 3 is 3.06 bits per heavy atom. The predicted molar refractivity (Wildman–Crippen MR) is 72.6 cm³/mol. The fourth-order valence-corrected chi connectivity index (χ4v) is 3.19. The summed E-state index contributed by atoms with van der Waals surface area (Å²) in [4.78, 5) is 4.74. The van der Waals surface area contributed by atoms with Gasteiger partial charge in [-0.25, -0.2) is 0 Å². The maximum atomic E-state index is 6.49. The second-order valence-corrected chi connectivity index (χ2v) is 5.47. The standard InChI is InChI=1S/C13H11BrClNO/c1-7-2-3-9(14)11-12(15)8-6-17-5-4-10(8)16-13(7)11/h2-3H,4-6H2,1H3. The number of hydrogen-bond acceptors (Lipinski definition) is 2. The van der Waals surface area contributed by atoms with Gasteiger partial charge in [0.1, 0.15) is 0 Å². The third kappa shape index (κ3) is 1.77. The van der Waals surface area contributed by atoms with E-state index >= 15 is 0 Å². The highest BCUT2D eigenvalue weighted by molar-refractivity contribution is 9.10. The molecule has 1 aromatic carbocycles. The molecule has 0 aliphatic carbocycles. The molecule has 17 heavy (non-hydrogen) atoms. The van der Waals surface area contributed by atoms with Gasteiger partial charge in [-0.15, -0.1) is 0 Å². The van der Waals surface area contributed by atoms with E-state index in [0.29, 0.717) is 6.61 Å². The van der Waals surface area contributed by atoms with E-state index in [4.69, 9.17) is 21.3 Å². The first-order valence-corrected chi connectivity index (χ1v) is 6.69. The molecule has 0 N–H and O–H groups in total. The van der Waals surface area contributed by atoms with Crippen LogP contribution in [-0.2, 0) is 17.8 Å². The van der Waals surface area contributed by atoms with Crippen molar-refractivity contribution in [1.29, 1.82) is 0 Å². The minimum Gasteiger partial charge on any atom is -0.376 e. The molecule has 0 unspecified atom stereocenters. The highest BCUT2D eigenvalue weighted by atomic mass is 79.9. The molecule has 4 heteroatoms. The van der Waals surface area contributed by atoms with Gasteiger partial charge in [0.2, 0.25) is 0 Å². The number of aromatic nitrogens is 1. The van der Waals surface area contributed by atoms with Gasteiger partial charge in [0, 0.05) is 21.8 Å². The van der Waals surface area contributed by atoms with Gasteiger partial charge in [-0.3, -0.25) is 4.98 Å². The first-order valence-electron chi connectivity index (χ1n) is 5.52. The lowest BCUT2D eigenvalue weighted by molar-refractivity contribution is 0.109. The van der Waals surface area contributed by atoms with Crippen molar-refractivity contribution in [1.82, 2.24) is 4.98 Å². The van der Waals surface area contributed by atoms with Gasteiger partial charge in [-0.05, 0) is 18.6 Å². The molecule has 3 rings (SSSR count). The number of ether oxygens (including phenoxy) is 1. The molecule has 1 aliphatic rings. The monoisotopic (exact) mass is 311 g/mol. The van der Waals surface area contributed by atoms with Crippen molar-refractivity contribution in [2.75, 3.05) is 6.61 Å². The average molecular weight is 313 g/mol. The lowest BCUT2D eigenvalue weighted by Crippen LogP contribution is -2.13. The molecular formula is C13H11BrClNO. The van der Waals surface area contributed by atoms with Crippen molar-refractivity contribution in [3.63, 3.8) is 0 Å². The highest BCUT2D eigenvalue weighted by Crippen LogP contribution is 2.36. The first-order chi connectivity index (χ1) is 8.18. The van der Waals surface area contributed by atoms with E-state index in [0.717, 1.165) is 50.2 Å². The fraction of sp³-hybridized carbons (Fsp3) is 0.308. The topological polar surface area (TPSA) is 22.1 Å². The highest BCUT2D eigenvalue weighted by Gasteiger charge is 2.19. The fourth-order valence-electron chi connectivity index (χ4n) is 2.20. The summed E-state index contributed by atoms with van der Waals surface area (Å²) in [6.45, 7) is 3.36. The molecule has 88 valence electrons.